The Balaban J connectivity index is 1.76. The summed E-state index contributed by atoms with van der Waals surface area (Å²) < 4.78 is 14.4. The summed E-state index contributed by atoms with van der Waals surface area (Å²) in [5, 5.41) is 28.4. The Morgan fingerprint density at radius 2 is 1.64 bits per heavy atom. The molecule has 1 amide bonds. The van der Waals surface area contributed by atoms with Gasteiger partial charge in [-0.2, -0.15) is 5.10 Å². The van der Waals surface area contributed by atoms with E-state index in [9.17, 15) is 29.4 Å². The second kappa shape index (κ2) is 7.61. The van der Waals surface area contributed by atoms with Gasteiger partial charge in [-0.05, 0) is 17.7 Å². The van der Waals surface area contributed by atoms with E-state index in [1.54, 1.807) is 18.3 Å². The number of hydrogen-bond donors (Lipinski definition) is 1. The molecule has 28 heavy (non-hydrogen) atoms. The summed E-state index contributed by atoms with van der Waals surface area (Å²) in [5.74, 6) is -0.983. The number of nitro groups is 2. The van der Waals surface area contributed by atoms with Gasteiger partial charge < -0.3 is 5.32 Å². The van der Waals surface area contributed by atoms with Crippen LogP contribution in [0.5, 0.6) is 0 Å². The summed E-state index contributed by atoms with van der Waals surface area (Å²) >= 11 is 0. The number of nitrogens with one attached hydrogen (secondary N) is 1. The highest BCUT2D eigenvalue weighted by molar-refractivity contribution is 6.04. The molecule has 0 saturated carbocycles. The van der Waals surface area contributed by atoms with Crippen molar-refractivity contribution in [3.63, 3.8) is 0 Å². The molecule has 142 valence electrons. The Kier molecular flexibility index (Phi) is 5.07. The van der Waals surface area contributed by atoms with Gasteiger partial charge in [0.05, 0.1) is 28.0 Å². The van der Waals surface area contributed by atoms with Crippen LogP contribution in [0.1, 0.15) is 15.9 Å². The van der Waals surface area contributed by atoms with E-state index in [2.05, 4.69) is 10.4 Å². The minimum absolute atomic E-state index is 0.154. The fraction of sp³-hybridized carbons (Fsp3) is 0.0588. The summed E-state index contributed by atoms with van der Waals surface area (Å²) in [4.78, 5) is 32.5. The number of benzene rings is 2. The molecule has 0 spiro atoms. The number of halogens is 1. The summed E-state index contributed by atoms with van der Waals surface area (Å²) in [6, 6.07) is 9.97. The molecule has 11 heteroatoms. The first-order chi connectivity index (χ1) is 13.3. The lowest BCUT2D eigenvalue weighted by Crippen LogP contribution is -2.13. The van der Waals surface area contributed by atoms with Gasteiger partial charge in [0, 0.05) is 24.4 Å². The number of rotatable bonds is 6. The van der Waals surface area contributed by atoms with Crippen molar-refractivity contribution in [3.8, 4) is 0 Å². The quantitative estimate of drug-likeness (QED) is 0.512. The number of anilines is 1. The van der Waals surface area contributed by atoms with E-state index in [-0.39, 0.29) is 17.2 Å². The molecule has 0 atom stereocenters. The summed E-state index contributed by atoms with van der Waals surface area (Å²) in [6.07, 6.45) is 1.58. The molecule has 0 aliphatic heterocycles. The summed E-state index contributed by atoms with van der Waals surface area (Å²) in [5.41, 5.74) is -0.590. The van der Waals surface area contributed by atoms with Crippen LogP contribution >= 0.6 is 0 Å². The fourth-order valence-corrected chi connectivity index (χ4v) is 2.42. The number of amides is 1. The molecule has 1 aromatic heterocycles. The molecule has 2 aromatic carbocycles. The molecule has 0 bridgehead atoms. The molecule has 0 saturated heterocycles. The van der Waals surface area contributed by atoms with Crippen LogP contribution in [0.3, 0.4) is 0 Å². The van der Waals surface area contributed by atoms with Crippen molar-refractivity contribution < 1.29 is 19.0 Å². The summed E-state index contributed by atoms with van der Waals surface area (Å²) in [6.45, 7) is 0.332. The van der Waals surface area contributed by atoms with Gasteiger partial charge in [-0.25, -0.2) is 4.39 Å². The minimum atomic E-state index is -0.818. The van der Waals surface area contributed by atoms with Crippen LogP contribution in [0.2, 0.25) is 0 Å². The maximum atomic E-state index is 12.9. The number of carbonyl (C=O) groups excluding carboxylic acids is 1. The van der Waals surface area contributed by atoms with Crippen LogP contribution in [0, 0.1) is 26.0 Å². The molecule has 0 aliphatic carbocycles. The second-order valence-electron chi connectivity index (χ2n) is 5.73. The highest BCUT2D eigenvalue weighted by Crippen LogP contribution is 2.23. The van der Waals surface area contributed by atoms with Gasteiger partial charge in [-0.1, -0.05) is 12.1 Å². The van der Waals surface area contributed by atoms with Crippen molar-refractivity contribution in [1.82, 2.24) is 9.78 Å². The molecule has 3 aromatic rings. The van der Waals surface area contributed by atoms with E-state index in [0.29, 0.717) is 6.54 Å². The van der Waals surface area contributed by atoms with Gasteiger partial charge in [0.1, 0.15) is 5.82 Å². The highest BCUT2D eigenvalue weighted by Gasteiger charge is 2.20. The number of nitrogens with zero attached hydrogens (tertiary/aromatic N) is 4. The largest absolute Gasteiger partial charge is 0.305 e. The Labute approximate surface area is 156 Å². The van der Waals surface area contributed by atoms with Crippen molar-refractivity contribution in [2.75, 3.05) is 5.32 Å². The molecule has 3 rings (SSSR count). The Morgan fingerprint density at radius 3 is 2.21 bits per heavy atom. The predicted molar refractivity (Wildman–Crippen MR) is 95.4 cm³/mol. The van der Waals surface area contributed by atoms with Crippen molar-refractivity contribution in [1.29, 1.82) is 0 Å². The minimum Gasteiger partial charge on any atom is -0.305 e. The maximum absolute atomic E-state index is 12.9. The highest BCUT2D eigenvalue weighted by atomic mass is 19.1. The first kappa shape index (κ1) is 18.6. The summed E-state index contributed by atoms with van der Waals surface area (Å²) in [7, 11) is 0. The average Bonchev–Trinajstić information content (AvgIpc) is 3.10. The van der Waals surface area contributed by atoms with Crippen LogP contribution < -0.4 is 5.32 Å². The maximum Gasteiger partial charge on any atom is 0.277 e. The molecule has 0 fully saturated rings. The third-order valence-corrected chi connectivity index (χ3v) is 3.73. The third kappa shape index (κ3) is 4.33. The SMILES string of the molecule is O=C(Nc1ccn(Cc2ccc(F)cc2)n1)c1cc([N+](=O)[O-])cc([N+](=O)[O-])c1. The molecular formula is C17H12FN5O5. The van der Waals surface area contributed by atoms with Crippen LogP contribution in [0.25, 0.3) is 0 Å². The standard InChI is InChI=1S/C17H12FN5O5/c18-13-3-1-11(2-4-13)10-21-6-5-16(20-21)19-17(24)12-7-14(22(25)26)9-15(8-12)23(27)28/h1-9H,10H2,(H,19,20,24). The zero-order valence-electron chi connectivity index (χ0n) is 14.1. The zero-order chi connectivity index (χ0) is 20.3. The smallest absolute Gasteiger partial charge is 0.277 e. The molecular weight excluding hydrogens is 373 g/mol. The Hall–Kier alpha value is -4.15. The van der Waals surface area contributed by atoms with E-state index in [1.807, 2.05) is 0 Å². The van der Waals surface area contributed by atoms with Crippen LogP contribution in [0.15, 0.2) is 54.7 Å². The monoisotopic (exact) mass is 385 g/mol. The van der Waals surface area contributed by atoms with Crippen molar-refractivity contribution in [3.05, 3.63) is 91.9 Å². The normalized spacial score (nSPS) is 10.5. The lowest BCUT2D eigenvalue weighted by Gasteiger charge is -2.04. The molecule has 0 radical (unpaired) electrons. The topological polar surface area (TPSA) is 133 Å². The Morgan fingerprint density at radius 1 is 1.04 bits per heavy atom. The van der Waals surface area contributed by atoms with Gasteiger partial charge >= 0.3 is 0 Å². The number of nitro benzene ring substituents is 2. The van der Waals surface area contributed by atoms with Gasteiger partial charge in [-0.15, -0.1) is 0 Å². The first-order valence-electron chi connectivity index (χ1n) is 7.85. The lowest BCUT2D eigenvalue weighted by atomic mass is 10.1. The fourth-order valence-electron chi connectivity index (χ4n) is 2.42. The van der Waals surface area contributed by atoms with E-state index >= 15 is 0 Å². The number of aromatic nitrogens is 2. The molecule has 0 unspecified atom stereocenters. The van der Waals surface area contributed by atoms with Crippen molar-refractivity contribution in [2.24, 2.45) is 0 Å². The molecule has 1 N–H and O–H groups in total. The predicted octanol–water partition coefficient (Wildman–Crippen LogP) is 3.14. The third-order valence-electron chi connectivity index (χ3n) is 3.73. The molecule has 10 nitrogen and oxygen atoms in total. The van der Waals surface area contributed by atoms with Crippen LogP contribution in [-0.4, -0.2) is 25.5 Å². The first-order valence-corrected chi connectivity index (χ1v) is 7.85. The molecule has 1 heterocycles. The number of non-ortho nitro benzene ring substituents is 2. The van der Waals surface area contributed by atoms with Crippen molar-refractivity contribution >= 4 is 23.1 Å². The number of carbonyl (C=O) groups is 1. The number of hydrogen-bond acceptors (Lipinski definition) is 6. The lowest BCUT2D eigenvalue weighted by molar-refractivity contribution is -0.394. The van der Waals surface area contributed by atoms with E-state index in [1.165, 1.54) is 22.9 Å². The van der Waals surface area contributed by atoms with E-state index < -0.39 is 27.1 Å². The van der Waals surface area contributed by atoms with Crippen molar-refractivity contribution in [2.45, 2.75) is 6.54 Å². The van der Waals surface area contributed by atoms with Gasteiger partial charge in [0.25, 0.3) is 17.3 Å². The molecule has 0 aliphatic rings. The van der Waals surface area contributed by atoms with Crippen LogP contribution in [0.4, 0.5) is 21.6 Å². The van der Waals surface area contributed by atoms with E-state index in [0.717, 1.165) is 23.8 Å². The second-order valence-corrected chi connectivity index (χ2v) is 5.73. The average molecular weight is 385 g/mol. The van der Waals surface area contributed by atoms with Gasteiger partial charge in [-0.3, -0.25) is 29.7 Å². The van der Waals surface area contributed by atoms with Gasteiger partial charge in [0.2, 0.25) is 0 Å². The van der Waals surface area contributed by atoms with Gasteiger partial charge in [0.15, 0.2) is 5.82 Å². The van der Waals surface area contributed by atoms with Crippen LogP contribution in [-0.2, 0) is 6.54 Å². The van der Waals surface area contributed by atoms with E-state index in [4.69, 9.17) is 0 Å². The zero-order valence-corrected chi connectivity index (χ0v) is 14.1. The Bertz CT molecular complexity index is 1030.